The van der Waals surface area contributed by atoms with E-state index in [1.54, 1.807) is 31.2 Å². The molecule has 0 radical (unpaired) electrons. The predicted octanol–water partition coefficient (Wildman–Crippen LogP) is 1.18. The van der Waals surface area contributed by atoms with Crippen LogP contribution in [0, 0.1) is 6.92 Å². The van der Waals surface area contributed by atoms with Crippen molar-refractivity contribution in [3.8, 4) is 5.75 Å². The highest BCUT2D eigenvalue weighted by molar-refractivity contribution is 6.06. The lowest BCUT2D eigenvalue weighted by Crippen LogP contribution is -2.24. The summed E-state index contributed by atoms with van der Waals surface area (Å²) in [6.45, 7) is 1.62. The van der Waals surface area contributed by atoms with Gasteiger partial charge in [0.15, 0.2) is 0 Å². The molecule has 1 aromatic carbocycles. The van der Waals surface area contributed by atoms with Crippen LogP contribution in [-0.4, -0.2) is 28.0 Å². The molecule has 0 saturated carbocycles. The zero-order chi connectivity index (χ0) is 17.3. The standard InChI is InChI=1S/C16H14N4O4/c1-8-11(7-12-13(17-8)19-16(23)20-15(12)22)14(21)18-9-4-3-5-10(6-9)24-2/h3-7H,1-2H3,(H,18,21)(H2,17,19,20,22,23). The third-order valence-electron chi connectivity index (χ3n) is 3.49. The van der Waals surface area contributed by atoms with Crippen molar-refractivity contribution in [3.63, 3.8) is 0 Å². The minimum absolute atomic E-state index is 0.135. The van der Waals surface area contributed by atoms with Crippen LogP contribution in [-0.2, 0) is 0 Å². The number of benzene rings is 1. The van der Waals surface area contributed by atoms with E-state index in [0.717, 1.165) is 0 Å². The van der Waals surface area contributed by atoms with Crippen LogP contribution in [0.2, 0.25) is 0 Å². The summed E-state index contributed by atoms with van der Waals surface area (Å²) in [6.07, 6.45) is 0. The van der Waals surface area contributed by atoms with Crippen molar-refractivity contribution in [1.29, 1.82) is 0 Å². The zero-order valence-electron chi connectivity index (χ0n) is 13.0. The molecule has 2 heterocycles. The predicted molar refractivity (Wildman–Crippen MR) is 88.7 cm³/mol. The number of ether oxygens (including phenoxy) is 1. The average Bonchev–Trinajstić information content (AvgIpc) is 2.54. The number of anilines is 1. The topological polar surface area (TPSA) is 117 Å². The minimum Gasteiger partial charge on any atom is -0.497 e. The number of aryl methyl sites for hydroxylation is 1. The number of hydrogen-bond acceptors (Lipinski definition) is 5. The Kier molecular flexibility index (Phi) is 3.87. The summed E-state index contributed by atoms with van der Waals surface area (Å²) in [4.78, 5) is 44.3. The highest BCUT2D eigenvalue weighted by Gasteiger charge is 2.14. The molecule has 0 aliphatic rings. The maximum absolute atomic E-state index is 12.5. The van der Waals surface area contributed by atoms with Crippen molar-refractivity contribution < 1.29 is 9.53 Å². The number of aromatic nitrogens is 3. The second-order valence-corrected chi connectivity index (χ2v) is 5.11. The van der Waals surface area contributed by atoms with E-state index in [0.29, 0.717) is 17.1 Å². The van der Waals surface area contributed by atoms with Gasteiger partial charge in [-0.1, -0.05) is 6.07 Å². The highest BCUT2D eigenvalue weighted by Crippen LogP contribution is 2.18. The molecule has 0 fully saturated rings. The normalized spacial score (nSPS) is 10.6. The van der Waals surface area contributed by atoms with E-state index in [2.05, 4.69) is 20.3 Å². The Morgan fingerprint density at radius 3 is 2.75 bits per heavy atom. The molecular formula is C16H14N4O4. The van der Waals surface area contributed by atoms with Crippen molar-refractivity contribution >= 4 is 22.6 Å². The number of fused-ring (bicyclic) bond motifs is 1. The molecule has 3 aromatic rings. The number of carbonyl (C=O) groups is 1. The van der Waals surface area contributed by atoms with Gasteiger partial charge in [-0.05, 0) is 25.1 Å². The number of methoxy groups -OCH3 is 1. The lowest BCUT2D eigenvalue weighted by molar-refractivity contribution is 0.102. The van der Waals surface area contributed by atoms with E-state index in [1.165, 1.54) is 13.2 Å². The van der Waals surface area contributed by atoms with Crippen LogP contribution in [0.5, 0.6) is 5.75 Å². The van der Waals surface area contributed by atoms with Gasteiger partial charge in [0.05, 0.1) is 23.8 Å². The number of H-pyrrole nitrogens is 2. The quantitative estimate of drug-likeness (QED) is 0.668. The Morgan fingerprint density at radius 2 is 2.00 bits per heavy atom. The second kappa shape index (κ2) is 5.99. The number of nitrogens with zero attached hydrogens (tertiary/aromatic N) is 1. The Balaban J connectivity index is 2.02. The van der Waals surface area contributed by atoms with Crippen LogP contribution < -0.4 is 21.3 Å². The molecule has 0 unspecified atom stereocenters. The maximum Gasteiger partial charge on any atom is 0.327 e. The molecule has 24 heavy (non-hydrogen) atoms. The van der Waals surface area contributed by atoms with Gasteiger partial charge in [0.25, 0.3) is 11.5 Å². The summed E-state index contributed by atoms with van der Waals surface area (Å²) < 4.78 is 5.11. The lowest BCUT2D eigenvalue weighted by atomic mass is 10.1. The molecular weight excluding hydrogens is 312 g/mol. The fourth-order valence-corrected chi connectivity index (χ4v) is 2.31. The van der Waals surface area contributed by atoms with Gasteiger partial charge in [0.1, 0.15) is 11.4 Å². The van der Waals surface area contributed by atoms with Gasteiger partial charge in [0.2, 0.25) is 0 Å². The molecule has 0 saturated heterocycles. The number of nitrogens with one attached hydrogen (secondary N) is 3. The third kappa shape index (κ3) is 2.89. The monoisotopic (exact) mass is 326 g/mol. The molecule has 0 atom stereocenters. The number of carbonyl (C=O) groups excluding carboxylic acids is 1. The van der Waals surface area contributed by atoms with Gasteiger partial charge in [-0.15, -0.1) is 0 Å². The molecule has 1 amide bonds. The number of rotatable bonds is 3. The number of hydrogen-bond donors (Lipinski definition) is 3. The molecule has 8 nitrogen and oxygen atoms in total. The molecule has 122 valence electrons. The summed E-state index contributed by atoms with van der Waals surface area (Å²) >= 11 is 0. The number of amides is 1. The largest absolute Gasteiger partial charge is 0.497 e. The Morgan fingerprint density at radius 1 is 1.21 bits per heavy atom. The molecule has 3 rings (SSSR count). The molecule has 0 aliphatic carbocycles. The molecule has 0 spiro atoms. The summed E-state index contributed by atoms with van der Waals surface area (Å²) in [7, 11) is 1.53. The van der Waals surface area contributed by atoms with E-state index < -0.39 is 17.2 Å². The Bertz CT molecular complexity index is 1050. The van der Waals surface area contributed by atoms with Crippen LogP contribution in [0.1, 0.15) is 16.1 Å². The van der Waals surface area contributed by atoms with Crippen LogP contribution in [0.3, 0.4) is 0 Å². The van der Waals surface area contributed by atoms with Crippen LogP contribution in [0.4, 0.5) is 5.69 Å². The lowest BCUT2D eigenvalue weighted by Gasteiger charge is -2.09. The molecule has 0 bridgehead atoms. The fraction of sp³-hybridized carbons (Fsp3) is 0.125. The van der Waals surface area contributed by atoms with E-state index in [-0.39, 0.29) is 16.6 Å². The van der Waals surface area contributed by atoms with Crippen molar-refractivity contribution in [2.24, 2.45) is 0 Å². The van der Waals surface area contributed by atoms with Crippen LogP contribution >= 0.6 is 0 Å². The number of pyridine rings is 1. The minimum atomic E-state index is -0.645. The van der Waals surface area contributed by atoms with Gasteiger partial charge in [-0.3, -0.25) is 19.6 Å². The van der Waals surface area contributed by atoms with Gasteiger partial charge in [-0.25, -0.2) is 9.78 Å². The molecule has 3 N–H and O–H groups in total. The summed E-state index contributed by atoms with van der Waals surface area (Å²) in [5.74, 6) is 0.191. The van der Waals surface area contributed by atoms with E-state index >= 15 is 0 Å². The van der Waals surface area contributed by atoms with Crippen LogP contribution in [0.25, 0.3) is 11.0 Å². The van der Waals surface area contributed by atoms with Gasteiger partial charge in [0, 0.05) is 11.8 Å². The summed E-state index contributed by atoms with van der Waals surface area (Å²) in [5.41, 5.74) is 0.0742. The Labute approximate surface area is 135 Å². The fourth-order valence-electron chi connectivity index (χ4n) is 2.31. The average molecular weight is 326 g/mol. The highest BCUT2D eigenvalue weighted by atomic mass is 16.5. The summed E-state index contributed by atoms with van der Waals surface area (Å²) in [6, 6.07) is 8.30. The van der Waals surface area contributed by atoms with Crippen molar-refractivity contribution in [3.05, 3.63) is 62.4 Å². The SMILES string of the molecule is COc1cccc(NC(=O)c2cc3c(=O)[nH]c(=O)[nH]c3nc2C)c1. The second-order valence-electron chi connectivity index (χ2n) is 5.11. The maximum atomic E-state index is 12.5. The molecule has 0 aliphatic heterocycles. The van der Waals surface area contributed by atoms with Crippen molar-refractivity contribution in [2.75, 3.05) is 12.4 Å². The first-order valence-electron chi connectivity index (χ1n) is 7.07. The zero-order valence-corrected chi connectivity index (χ0v) is 13.0. The third-order valence-corrected chi connectivity index (χ3v) is 3.49. The number of aromatic amines is 2. The Hall–Kier alpha value is -3.42. The van der Waals surface area contributed by atoms with Crippen molar-refractivity contribution in [1.82, 2.24) is 15.0 Å². The van der Waals surface area contributed by atoms with Gasteiger partial charge >= 0.3 is 5.69 Å². The molecule has 2 aromatic heterocycles. The van der Waals surface area contributed by atoms with E-state index in [9.17, 15) is 14.4 Å². The first-order valence-corrected chi connectivity index (χ1v) is 7.07. The van der Waals surface area contributed by atoms with Crippen LogP contribution in [0.15, 0.2) is 39.9 Å². The summed E-state index contributed by atoms with van der Waals surface area (Å²) in [5, 5.41) is 2.86. The first-order chi connectivity index (χ1) is 11.5. The van der Waals surface area contributed by atoms with Crippen molar-refractivity contribution in [2.45, 2.75) is 6.92 Å². The molecule has 8 heteroatoms. The first kappa shape index (κ1) is 15.5. The smallest absolute Gasteiger partial charge is 0.327 e. The van der Waals surface area contributed by atoms with E-state index in [1.807, 2.05) is 0 Å². The van der Waals surface area contributed by atoms with Gasteiger partial charge in [-0.2, -0.15) is 0 Å². The van der Waals surface area contributed by atoms with E-state index in [4.69, 9.17) is 4.74 Å². The van der Waals surface area contributed by atoms with Gasteiger partial charge < -0.3 is 10.1 Å².